The maximum atomic E-state index is 12.7. The third-order valence-corrected chi connectivity index (χ3v) is 6.29. The third kappa shape index (κ3) is 7.74. The molecule has 1 aliphatic rings. The van der Waals surface area contributed by atoms with Crippen LogP contribution in [-0.4, -0.2) is 51.6 Å². The second-order valence-corrected chi connectivity index (χ2v) is 9.22. The summed E-state index contributed by atoms with van der Waals surface area (Å²) in [7, 11) is 0. The molecular formula is C31H35NO7. The molecule has 3 aromatic carbocycles. The largest absolute Gasteiger partial charge is 0.490 e. The lowest BCUT2D eigenvalue weighted by Gasteiger charge is -2.25. The topological polar surface area (TPSA) is 92.3 Å². The first-order chi connectivity index (χ1) is 19.0. The van der Waals surface area contributed by atoms with E-state index in [1.165, 1.54) is 0 Å². The SMILES string of the molecule is C=C(C)C(=O)OCCOCCNC(=O)Oc1c2c(c(OCCOc3ccccc3)c3ccccc13)CCCC2. The van der Waals surface area contributed by atoms with Gasteiger partial charge in [-0.3, -0.25) is 0 Å². The van der Waals surface area contributed by atoms with Crippen molar-refractivity contribution in [3.8, 4) is 17.2 Å². The van der Waals surface area contributed by atoms with Gasteiger partial charge in [0.05, 0.1) is 13.2 Å². The molecule has 0 heterocycles. The van der Waals surface area contributed by atoms with Gasteiger partial charge < -0.3 is 29.0 Å². The standard InChI is InChI=1S/C31H35NO7/c1-22(2)30(33)38-19-18-35-17-16-32-31(34)39-29-26-14-8-6-12-24(26)28(25-13-7-9-15-27(25)29)37-21-20-36-23-10-4-3-5-11-23/h3-6,8,10-12,14H,1,7,9,13,15-21H2,2H3,(H,32,34). The van der Waals surface area contributed by atoms with Gasteiger partial charge in [0.15, 0.2) is 0 Å². The summed E-state index contributed by atoms with van der Waals surface area (Å²) in [4.78, 5) is 24.1. The summed E-state index contributed by atoms with van der Waals surface area (Å²) in [5, 5.41) is 4.48. The van der Waals surface area contributed by atoms with Gasteiger partial charge in [-0.15, -0.1) is 0 Å². The Balaban J connectivity index is 1.37. The molecule has 8 nitrogen and oxygen atoms in total. The summed E-state index contributed by atoms with van der Waals surface area (Å²) in [5.74, 6) is 1.77. The van der Waals surface area contributed by atoms with E-state index in [-0.39, 0.29) is 26.4 Å². The average molecular weight is 534 g/mol. The smallest absolute Gasteiger partial charge is 0.412 e. The van der Waals surface area contributed by atoms with Crippen LogP contribution in [0.4, 0.5) is 4.79 Å². The first-order valence-electron chi connectivity index (χ1n) is 13.3. The zero-order chi connectivity index (χ0) is 27.5. The van der Waals surface area contributed by atoms with Crippen molar-refractivity contribution in [1.29, 1.82) is 0 Å². The highest BCUT2D eigenvalue weighted by Crippen LogP contribution is 2.44. The zero-order valence-corrected chi connectivity index (χ0v) is 22.3. The van der Waals surface area contributed by atoms with Crippen molar-refractivity contribution in [3.05, 3.63) is 77.9 Å². The fourth-order valence-electron chi connectivity index (χ4n) is 4.48. The fourth-order valence-corrected chi connectivity index (χ4v) is 4.48. The second kappa shape index (κ2) is 14.2. The van der Waals surface area contributed by atoms with Gasteiger partial charge in [-0.1, -0.05) is 49.0 Å². The van der Waals surface area contributed by atoms with Crippen LogP contribution in [0.15, 0.2) is 66.7 Å². The van der Waals surface area contributed by atoms with Crippen LogP contribution in [-0.2, 0) is 27.1 Å². The number of ether oxygens (including phenoxy) is 5. The van der Waals surface area contributed by atoms with Gasteiger partial charge >= 0.3 is 12.1 Å². The second-order valence-electron chi connectivity index (χ2n) is 9.22. The molecule has 0 unspecified atom stereocenters. The average Bonchev–Trinajstić information content (AvgIpc) is 2.96. The van der Waals surface area contributed by atoms with Crippen LogP contribution in [0.3, 0.4) is 0 Å². The van der Waals surface area contributed by atoms with Gasteiger partial charge in [0.25, 0.3) is 0 Å². The van der Waals surface area contributed by atoms with Crippen molar-refractivity contribution in [2.24, 2.45) is 0 Å². The van der Waals surface area contributed by atoms with Gasteiger partial charge in [-0.2, -0.15) is 0 Å². The van der Waals surface area contributed by atoms with E-state index in [9.17, 15) is 9.59 Å². The van der Waals surface area contributed by atoms with Gasteiger partial charge in [-0.05, 0) is 44.7 Å². The van der Waals surface area contributed by atoms with Crippen LogP contribution in [0, 0.1) is 0 Å². The van der Waals surface area contributed by atoms with Crippen LogP contribution in [0.1, 0.15) is 30.9 Å². The molecule has 1 aliphatic carbocycles. The third-order valence-electron chi connectivity index (χ3n) is 6.29. The quantitative estimate of drug-likeness (QED) is 0.179. The molecule has 1 N–H and O–H groups in total. The number of benzene rings is 3. The minimum Gasteiger partial charge on any atom is -0.490 e. The lowest BCUT2D eigenvalue weighted by atomic mass is 9.87. The van der Waals surface area contributed by atoms with Gasteiger partial charge in [0.1, 0.15) is 37.1 Å². The van der Waals surface area contributed by atoms with Gasteiger partial charge in [0.2, 0.25) is 0 Å². The Morgan fingerprint density at radius 1 is 0.795 bits per heavy atom. The van der Waals surface area contributed by atoms with Crippen LogP contribution in [0.5, 0.6) is 17.2 Å². The van der Waals surface area contributed by atoms with Crippen LogP contribution in [0.25, 0.3) is 10.8 Å². The number of fused-ring (bicyclic) bond motifs is 2. The van der Waals surface area contributed by atoms with Crippen molar-refractivity contribution in [3.63, 3.8) is 0 Å². The predicted octanol–water partition coefficient (Wildman–Crippen LogP) is 5.40. The van der Waals surface area contributed by atoms with E-state index in [1.54, 1.807) is 6.92 Å². The van der Waals surface area contributed by atoms with E-state index in [4.69, 9.17) is 23.7 Å². The van der Waals surface area contributed by atoms with E-state index in [1.807, 2.05) is 54.6 Å². The van der Waals surface area contributed by atoms with E-state index >= 15 is 0 Å². The Labute approximate surface area is 228 Å². The normalized spacial score (nSPS) is 12.3. The highest BCUT2D eigenvalue weighted by molar-refractivity contribution is 5.97. The maximum Gasteiger partial charge on any atom is 0.412 e. The number of rotatable bonds is 13. The molecule has 0 saturated heterocycles. The van der Waals surface area contributed by atoms with E-state index in [0.717, 1.165) is 59.1 Å². The van der Waals surface area contributed by atoms with Crippen molar-refractivity contribution in [1.82, 2.24) is 5.32 Å². The number of hydrogen-bond acceptors (Lipinski definition) is 7. The molecule has 206 valence electrons. The molecule has 0 aromatic heterocycles. The number of nitrogens with one attached hydrogen (secondary N) is 1. The predicted molar refractivity (Wildman–Crippen MR) is 149 cm³/mol. The molecule has 4 rings (SSSR count). The Morgan fingerprint density at radius 2 is 1.44 bits per heavy atom. The summed E-state index contributed by atoms with van der Waals surface area (Å²) in [6, 6.07) is 17.5. The first kappa shape index (κ1) is 28.0. The number of carbonyl (C=O) groups is 2. The van der Waals surface area contributed by atoms with E-state index in [0.29, 0.717) is 24.5 Å². The highest BCUT2D eigenvalue weighted by Gasteiger charge is 2.25. The molecule has 0 aliphatic heterocycles. The first-order valence-corrected chi connectivity index (χ1v) is 13.3. The Hall–Kier alpha value is -4.04. The Kier molecular flexibility index (Phi) is 10.2. The molecule has 0 fully saturated rings. The monoisotopic (exact) mass is 533 g/mol. The molecule has 8 heteroatoms. The number of amides is 1. The summed E-state index contributed by atoms with van der Waals surface area (Å²) in [6.45, 7) is 6.81. The Bertz CT molecular complexity index is 1290. The van der Waals surface area contributed by atoms with Crippen molar-refractivity contribution in [2.75, 3.05) is 39.6 Å². The maximum absolute atomic E-state index is 12.7. The number of para-hydroxylation sites is 1. The van der Waals surface area contributed by atoms with Crippen LogP contribution in [0.2, 0.25) is 0 Å². The molecular weight excluding hydrogens is 498 g/mol. The minimum absolute atomic E-state index is 0.126. The molecule has 0 atom stereocenters. The van der Waals surface area contributed by atoms with E-state index in [2.05, 4.69) is 11.9 Å². The fraction of sp³-hybridized carbons (Fsp3) is 0.355. The molecule has 0 bridgehead atoms. The highest BCUT2D eigenvalue weighted by atomic mass is 16.6. The van der Waals surface area contributed by atoms with Crippen molar-refractivity contribution >= 4 is 22.8 Å². The molecule has 39 heavy (non-hydrogen) atoms. The van der Waals surface area contributed by atoms with E-state index < -0.39 is 12.1 Å². The van der Waals surface area contributed by atoms with Gasteiger partial charge in [-0.25, -0.2) is 9.59 Å². The molecule has 0 radical (unpaired) electrons. The summed E-state index contributed by atoms with van der Waals surface area (Å²) >= 11 is 0. The van der Waals surface area contributed by atoms with Crippen molar-refractivity contribution in [2.45, 2.75) is 32.6 Å². The number of hydrogen-bond donors (Lipinski definition) is 1. The Morgan fingerprint density at radius 3 is 2.15 bits per heavy atom. The summed E-state index contributed by atoms with van der Waals surface area (Å²) in [5.41, 5.74) is 2.45. The van der Waals surface area contributed by atoms with Crippen LogP contribution < -0.4 is 19.5 Å². The van der Waals surface area contributed by atoms with Crippen LogP contribution >= 0.6 is 0 Å². The van der Waals surface area contributed by atoms with Crippen molar-refractivity contribution < 1.29 is 33.3 Å². The number of carbonyl (C=O) groups excluding carboxylic acids is 2. The van der Waals surface area contributed by atoms with Gasteiger partial charge in [0, 0.05) is 34.0 Å². The summed E-state index contributed by atoms with van der Waals surface area (Å²) in [6.07, 6.45) is 3.19. The molecule has 0 spiro atoms. The lowest BCUT2D eigenvalue weighted by Crippen LogP contribution is -2.31. The summed E-state index contributed by atoms with van der Waals surface area (Å²) < 4.78 is 28.4. The number of esters is 1. The zero-order valence-electron chi connectivity index (χ0n) is 22.3. The molecule has 1 amide bonds. The molecule has 3 aromatic rings. The lowest BCUT2D eigenvalue weighted by molar-refractivity contribution is -0.140. The molecule has 0 saturated carbocycles. The minimum atomic E-state index is -0.546.